The van der Waals surface area contributed by atoms with Crippen molar-refractivity contribution in [3.05, 3.63) is 33.1 Å². The van der Waals surface area contributed by atoms with Crippen molar-refractivity contribution in [3.8, 4) is 17.1 Å². The molecule has 1 aromatic carbocycles. The van der Waals surface area contributed by atoms with Gasteiger partial charge in [0.1, 0.15) is 0 Å². The first-order valence-corrected chi connectivity index (χ1v) is 5.98. The second-order valence-corrected chi connectivity index (χ2v) is 4.51. The summed E-state index contributed by atoms with van der Waals surface area (Å²) in [5.74, 6) is 0.682. The van der Waals surface area contributed by atoms with Crippen LogP contribution in [0.3, 0.4) is 0 Å². The van der Waals surface area contributed by atoms with E-state index < -0.39 is 4.92 Å². The second-order valence-electron chi connectivity index (χ2n) is 4.12. The fraction of sp³-hybridized carbons (Fsp3) is 0.273. The Morgan fingerprint density at radius 1 is 1.42 bits per heavy atom. The van der Waals surface area contributed by atoms with Crippen LogP contribution < -0.4 is 4.74 Å². The van der Waals surface area contributed by atoms with Crippen molar-refractivity contribution in [1.82, 2.24) is 15.2 Å². The van der Waals surface area contributed by atoms with E-state index >= 15 is 0 Å². The molecule has 2 rings (SSSR count). The minimum atomic E-state index is -0.484. The number of aromatic nitrogens is 3. The highest BCUT2D eigenvalue weighted by atomic mass is 32.1. The number of aromatic amines is 2. The van der Waals surface area contributed by atoms with Crippen LogP contribution >= 0.6 is 12.2 Å². The Morgan fingerprint density at radius 2 is 2.16 bits per heavy atom. The molecule has 0 bridgehead atoms. The van der Waals surface area contributed by atoms with E-state index in [0.717, 1.165) is 0 Å². The number of hydrogen-bond donors (Lipinski definition) is 2. The summed E-state index contributed by atoms with van der Waals surface area (Å²) >= 11 is 4.84. The van der Waals surface area contributed by atoms with Crippen molar-refractivity contribution >= 4 is 17.9 Å². The Labute approximate surface area is 113 Å². The molecule has 7 nitrogen and oxygen atoms in total. The van der Waals surface area contributed by atoms with Crippen molar-refractivity contribution < 1.29 is 9.66 Å². The lowest BCUT2D eigenvalue weighted by atomic mass is 10.2. The minimum Gasteiger partial charge on any atom is -0.484 e. The molecule has 1 heterocycles. The number of nitrogens with zero attached hydrogens (tertiary/aromatic N) is 2. The number of nitro benzene ring substituents is 1. The van der Waals surface area contributed by atoms with Crippen LogP contribution in [0.4, 0.5) is 5.69 Å². The Balaban J connectivity index is 2.47. The number of benzene rings is 1. The highest BCUT2D eigenvalue weighted by molar-refractivity contribution is 7.71. The number of rotatable bonds is 4. The lowest BCUT2D eigenvalue weighted by Crippen LogP contribution is -2.07. The lowest BCUT2D eigenvalue weighted by Gasteiger charge is -2.10. The van der Waals surface area contributed by atoms with Crippen LogP contribution in [0, 0.1) is 14.9 Å². The minimum absolute atomic E-state index is 0.103. The number of ether oxygens (including phenoxy) is 1. The van der Waals surface area contributed by atoms with E-state index in [1.54, 1.807) is 12.1 Å². The summed E-state index contributed by atoms with van der Waals surface area (Å²) in [4.78, 5) is 14.6. The highest BCUT2D eigenvalue weighted by Crippen LogP contribution is 2.31. The van der Waals surface area contributed by atoms with Gasteiger partial charge in [0, 0.05) is 11.6 Å². The summed E-state index contributed by atoms with van der Waals surface area (Å²) in [5, 5.41) is 16.4. The summed E-state index contributed by atoms with van der Waals surface area (Å²) in [6.45, 7) is 3.62. The molecule has 0 aliphatic rings. The van der Waals surface area contributed by atoms with Crippen LogP contribution in [0.5, 0.6) is 5.75 Å². The molecule has 19 heavy (non-hydrogen) atoms. The number of H-pyrrole nitrogens is 2. The molecule has 0 unspecified atom stereocenters. The molecule has 0 amide bonds. The number of hydrogen-bond acceptors (Lipinski definition) is 5. The molecular weight excluding hydrogens is 268 g/mol. The molecule has 0 atom stereocenters. The highest BCUT2D eigenvalue weighted by Gasteiger charge is 2.18. The molecule has 8 heteroatoms. The summed E-state index contributed by atoms with van der Waals surface area (Å²) in [6.07, 6.45) is -0.138. The van der Waals surface area contributed by atoms with Crippen LogP contribution in [-0.4, -0.2) is 26.2 Å². The molecular formula is C11H12N4O3S. The third kappa shape index (κ3) is 2.97. The smallest absolute Gasteiger partial charge is 0.311 e. The van der Waals surface area contributed by atoms with E-state index in [2.05, 4.69) is 15.2 Å². The first-order chi connectivity index (χ1) is 8.97. The van der Waals surface area contributed by atoms with E-state index in [4.69, 9.17) is 17.0 Å². The van der Waals surface area contributed by atoms with Gasteiger partial charge < -0.3 is 4.74 Å². The first kappa shape index (κ1) is 13.2. The molecule has 1 aromatic heterocycles. The molecule has 0 aliphatic carbocycles. The van der Waals surface area contributed by atoms with Gasteiger partial charge in [0.25, 0.3) is 0 Å². The SMILES string of the molecule is CC(C)Oc1ccc(-c2nc(=S)[nH][nH]2)cc1[N+](=O)[O-]. The Bertz CT molecular complexity index is 662. The lowest BCUT2D eigenvalue weighted by molar-refractivity contribution is -0.386. The van der Waals surface area contributed by atoms with E-state index in [9.17, 15) is 10.1 Å². The Kier molecular flexibility index (Phi) is 3.61. The van der Waals surface area contributed by atoms with Gasteiger partial charge in [-0.05, 0) is 38.2 Å². The quantitative estimate of drug-likeness (QED) is 0.510. The van der Waals surface area contributed by atoms with Gasteiger partial charge in [-0.3, -0.25) is 20.3 Å². The zero-order chi connectivity index (χ0) is 14.0. The largest absolute Gasteiger partial charge is 0.484 e. The predicted octanol–water partition coefficient (Wildman–Crippen LogP) is 2.83. The molecule has 0 saturated heterocycles. The maximum Gasteiger partial charge on any atom is 0.311 e. The molecule has 2 N–H and O–H groups in total. The van der Waals surface area contributed by atoms with Gasteiger partial charge in [0.05, 0.1) is 11.0 Å². The van der Waals surface area contributed by atoms with Crippen molar-refractivity contribution in [1.29, 1.82) is 0 Å². The van der Waals surface area contributed by atoms with E-state index in [1.165, 1.54) is 6.07 Å². The summed E-state index contributed by atoms with van der Waals surface area (Å²) in [7, 11) is 0. The topological polar surface area (TPSA) is 96.8 Å². The average molecular weight is 280 g/mol. The molecule has 0 fully saturated rings. The molecule has 0 aliphatic heterocycles. The summed E-state index contributed by atoms with van der Waals surface area (Å²) in [5.41, 5.74) is 0.462. The molecule has 2 aromatic rings. The van der Waals surface area contributed by atoms with Gasteiger partial charge in [-0.2, -0.15) is 4.98 Å². The number of nitrogens with one attached hydrogen (secondary N) is 2. The van der Waals surface area contributed by atoms with Crippen molar-refractivity contribution in [2.45, 2.75) is 20.0 Å². The van der Waals surface area contributed by atoms with Crippen molar-refractivity contribution in [3.63, 3.8) is 0 Å². The summed E-state index contributed by atoms with van der Waals surface area (Å²) in [6, 6.07) is 4.64. The van der Waals surface area contributed by atoms with Crippen LogP contribution in [0.2, 0.25) is 0 Å². The van der Waals surface area contributed by atoms with Crippen LogP contribution in [0.1, 0.15) is 13.8 Å². The molecule has 0 radical (unpaired) electrons. The van der Waals surface area contributed by atoms with Gasteiger partial charge in [-0.15, -0.1) is 0 Å². The first-order valence-electron chi connectivity index (χ1n) is 5.57. The van der Waals surface area contributed by atoms with Crippen molar-refractivity contribution in [2.75, 3.05) is 0 Å². The molecule has 0 saturated carbocycles. The standard InChI is InChI=1S/C11H12N4O3S/c1-6(2)18-9-4-3-7(5-8(9)15(16)17)10-12-11(19)14-13-10/h3-6H,1-2H3,(H2,12,13,14,19). The molecule has 0 spiro atoms. The Morgan fingerprint density at radius 3 is 2.68 bits per heavy atom. The maximum atomic E-state index is 11.1. The van der Waals surface area contributed by atoms with Gasteiger partial charge in [-0.25, -0.2) is 0 Å². The zero-order valence-electron chi connectivity index (χ0n) is 10.3. The normalized spacial score (nSPS) is 10.7. The van der Waals surface area contributed by atoms with Crippen LogP contribution in [-0.2, 0) is 0 Å². The number of nitro groups is 1. The Hall–Kier alpha value is -2.22. The average Bonchev–Trinajstić information content (AvgIpc) is 2.75. The fourth-order valence-electron chi connectivity index (χ4n) is 1.57. The third-order valence-corrected chi connectivity index (χ3v) is 2.49. The van der Waals surface area contributed by atoms with Gasteiger partial charge in [0.15, 0.2) is 11.6 Å². The van der Waals surface area contributed by atoms with Crippen molar-refractivity contribution in [2.24, 2.45) is 0 Å². The van der Waals surface area contributed by atoms with Gasteiger partial charge >= 0.3 is 5.69 Å². The fourth-order valence-corrected chi connectivity index (χ4v) is 1.71. The summed E-state index contributed by atoms with van der Waals surface area (Å²) < 4.78 is 5.69. The zero-order valence-corrected chi connectivity index (χ0v) is 11.2. The maximum absolute atomic E-state index is 11.1. The third-order valence-electron chi connectivity index (χ3n) is 2.29. The second kappa shape index (κ2) is 5.19. The predicted molar refractivity (Wildman–Crippen MR) is 71.6 cm³/mol. The van der Waals surface area contributed by atoms with E-state index in [0.29, 0.717) is 16.2 Å². The van der Waals surface area contributed by atoms with E-state index in [1.807, 2.05) is 13.8 Å². The monoisotopic (exact) mass is 280 g/mol. The van der Waals surface area contributed by atoms with Gasteiger partial charge in [0.2, 0.25) is 4.77 Å². The molecule has 100 valence electrons. The van der Waals surface area contributed by atoms with Crippen LogP contribution in [0.25, 0.3) is 11.4 Å². The van der Waals surface area contributed by atoms with Crippen LogP contribution in [0.15, 0.2) is 18.2 Å². The van der Waals surface area contributed by atoms with Gasteiger partial charge in [-0.1, -0.05) is 0 Å². The van der Waals surface area contributed by atoms with E-state index in [-0.39, 0.29) is 17.5 Å².